The van der Waals surface area contributed by atoms with Crippen LogP contribution in [0, 0.1) is 0 Å². The number of hydrogen-bond donors (Lipinski definition) is 1. The molecular formula is C15H11Cl2N3O. The number of fused-ring (bicyclic) bond motifs is 1. The van der Waals surface area contributed by atoms with Crippen LogP contribution in [0.2, 0.25) is 10.3 Å². The van der Waals surface area contributed by atoms with Crippen molar-refractivity contribution in [2.75, 3.05) is 5.32 Å². The number of amides is 1. The number of nitrogens with zero attached hydrogens (tertiary/aromatic N) is 2. The highest BCUT2D eigenvalue weighted by molar-refractivity contribution is 6.31. The van der Waals surface area contributed by atoms with Crippen LogP contribution < -0.4 is 5.32 Å². The number of rotatable bonds is 3. The van der Waals surface area contributed by atoms with Gasteiger partial charge in [0.25, 0.3) is 0 Å². The molecule has 0 radical (unpaired) electrons. The molecule has 4 nitrogen and oxygen atoms in total. The molecule has 1 amide bonds. The highest BCUT2D eigenvalue weighted by atomic mass is 35.5. The van der Waals surface area contributed by atoms with Gasteiger partial charge >= 0.3 is 0 Å². The average molecular weight is 320 g/mol. The van der Waals surface area contributed by atoms with E-state index >= 15 is 0 Å². The predicted octanol–water partition coefficient (Wildman–Crippen LogP) is 3.98. The molecule has 0 unspecified atom stereocenters. The minimum absolute atomic E-state index is 0.0891. The quantitative estimate of drug-likeness (QED) is 0.793. The summed E-state index contributed by atoms with van der Waals surface area (Å²) in [7, 11) is 0. The number of aromatic nitrogens is 2. The van der Waals surface area contributed by atoms with E-state index in [9.17, 15) is 4.79 Å². The van der Waals surface area contributed by atoms with Crippen molar-refractivity contribution in [3.63, 3.8) is 0 Å². The molecule has 0 fully saturated rings. The Bertz CT molecular complexity index is 814. The highest BCUT2D eigenvalue weighted by Gasteiger charge is 2.12. The first-order chi connectivity index (χ1) is 10.1. The van der Waals surface area contributed by atoms with Crippen molar-refractivity contribution in [3.8, 4) is 0 Å². The summed E-state index contributed by atoms with van der Waals surface area (Å²) < 4.78 is 1.66. The Kier molecular flexibility index (Phi) is 3.82. The normalized spacial score (nSPS) is 10.8. The topological polar surface area (TPSA) is 46.9 Å². The summed E-state index contributed by atoms with van der Waals surface area (Å²) in [5.74, 6) is -0.192. The molecule has 2 aromatic carbocycles. The van der Waals surface area contributed by atoms with Crippen LogP contribution in [0.15, 0.2) is 48.5 Å². The third kappa shape index (κ3) is 3.01. The maximum atomic E-state index is 12.1. The summed E-state index contributed by atoms with van der Waals surface area (Å²) in [5, 5.41) is 3.64. The Morgan fingerprint density at radius 3 is 2.76 bits per heavy atom. The number of para-hydroxylation sites is 2. The molecule has 1 aromatic heterocycles. The van der Waals surface area contributed by atoms with Crippen molar-refractivity contribution in [3.05, 3.63) is 58.8 Å². The molecule has 0 aliphatic heterocycles. The molecule has 106 valence electrons. The van der Waals surface area contributed by atoms with Crippen LogP contribution in [0.3, 0.4) is 0 Å². The number of imidazole rings is 1. The van der Waals surface area contributed by atoms with Gasteiger partial charge in [0.2, 0.25) is 11.2 Å². The molecule has 3 rings (SSSR count). The fourth-order valence-corrected chi connectivity index (χ4v) is 2.54. The second-order valence-corrected chi connectivity index (χ2v) is 5.29. The smallest absolute Gasteiger partial charge is 0.244 e. The lowest BCUT2D eigenvalue weighted by molar-refractivity contribution is -0.116. The molecule has 1 N–H and O–H groups in total. The van der Waals surface area contributed by atoms with Crippen molar-refractivity contribution in [1.29, 1.82) is 0 Å². The van der Waals surface area contributed by atoms with Gasteiger partial charge in [-0.05, 0) is 41.9 Å². The monoisotopic (exact) mass is 319 g/mol. The van der Waals surface area contributed by atoms with Crippen LogP contribution in [-0.4, -0.2) is 15.5 Å². The van der Waals surface area contributed by atoms with Gasteiger partial charge in [-0.3, -0.25) is 4.79 Å². The molecule has 0 saturated carbocycles. The number of anilines is 1. The van der Waals surface area contributed by atoms with Crippen LogP contribution in [0.25, 0.3) is 11.0 Å². The molecule has 0 atom stereocenters. The minimum Gasteiger partial charge on any atom is -0.324 e. The van der Waals surface area contributed by atoms with Crippen molar-refractivity contribution in [1.82, 2.24) is 9.55 Å². The van der Waals surface area contributed by atoms with Crippen LogP contribution in [-0.2, 0) is 11.3 Å². The van der Waals surface area contributed by atoms with Gasteiger partial charge in [-0.25, -0.2) is 4.98 Å². The van der Waals surface area contributed by atoms with E-state index in [-0.39, 0.29) is 17.7 Å². The van der Waals surface area contributed by atoms with Gasteiger partial charge in [-0.15, -0.1) is 0 Å². The van der Waals surface area contributed by atoms with Crippen molar-refractivity contribution < 1.29 is 4.79 Å². The number of benzene rings is 2. The van der Waals surface area contributed by atoms with E-state index in [0.29, 0.717) is 10.7 Å². The maximum Gasteiger partial charge on any atom is 0.244 e. The van der Waals surface area contributed by atoms with E-state index < -0.39 is 0 Å². The van der Waals surface area contributed by atoms with Crippen LogP contribution >= 0.6 is 23.2 Å². The van der Waals surface area contributed by atoms with Gasteiger partial charge in [-0.1, -0.05) is 29.8 Å². The lowest BCUT2D eigenvalue weighted by Crippen LogP contribution is -2.18. The van der Waals surface area contributed by atoms with Gasteiger partial charge in [0, 0.05) is 10.7 Å². The number of carbonyl (C=O) groups is 1. The van der Waals surface area contributed by atoms with E-state index in [2.05, 4.69) is 10.3 Å². The molecular weight excluding hydrogens is 309 g/mol. The molecule has 0 aliphatic rings. The number of carbonyl (C=O) groups excluding carboxylic acids is 1. The van der Waals surface area contributed by atoms with Gasteiger partial charge in [0.15, 0.2) is 0 Å². The van der Waals surface area contributed by atoms with Crippen LogP contribution in [0.1, 0.15) is 0 Å². The summed E-state index contributed by atoms with van der Waals surface area (Å²) in [6, 6.07) is 14.5. The van der Waals surface area contributed by atoms with Crippen LogP contribution in [0.5, 0.6) is 0 Å². The fourth-order valence-electron chi connectivity index (χ4n) is 2.11. The zero-order chi connectivity index (χ0) is 14.8. The van der Waals surface area contributed by atoms with E-state index in [0.717, 1.165) is 11.0 Å². The van der Waals surface area contributed by atoms with Crippen molar-refractivity contribution >= 4 is 45.8 Å². The minimum atomic E-state index is -0.192. The van der Waals surface area contributed by atoms with E-state index in [1.807, 2.05) is 24.3 Å². The highest BCUT2D eigenvalue weighted by Crippen LogP contribution is 2.20. The van der Waals surface area contributed by atoms with Gasteiger partial charge in [0.05, 0.1) is 11.0 Å². The maximum absolute atomic E-state index is 12.1. The van der Waals surface area contributed by atoms with E-state index in [1.54, 1.807) is 28.8 Å². The first kappa shape index (κ1) is 13.9. The largest absolute Gasteiger partial charge is 0.324 e. The third-order valence-corrected chi connectivity index (χ3v) is 3.54. The number of halogens is 2. The second-order valence-electron chi connectivity index (χ2n) is 4.51. The van der Waals surface area contributed by atoms with Crippen molar-refractivity contribution in [2.24, 2.45) is 0 Å². The van der Waals surface area contributed by atoms with E-state index in [1.165, 1.54) is 0 Å². The Morgan fingerprint density at radius 1 is 1.14 bits per heavy atom. The third-order valence-electron chi connectivity index (χ3n) is 3.02. The molecule has 1 heterocycles. The standard InChI is InChI=1S/C15H11Cl2N3O/c16-10-4-3-5-11(8-10)18-14(21)9-20-13-7-2-1-6-12(13)19-15(20)17/h1-8H,9H2,(H,18,21). The van der Waals surface area contributed by atoms with Gasteiger partial charge in [0.1, 0.15) is 6.54 Å². The predicted molar refractivity (Wildman–Crippen MR) is 84.8 cm³/mol. The first-order valence-electron chi connectivity index (χ1n) is 6.30. The molecule has 0 saturated heterocycles. The lowest BCUT2D eigenvalue weighted by atomic mass is 10.3. The summed E-state index contributed by atoms with van der Waals surface area (Å²) in [4.78, 5) is 16.3. The molecule has 21 heavy (non-hydrogen) atoms. The lowest BCUT2D eigenvalue weighted by Gasteiger charge is -2.08. The Morgan fingerprint density at radius 2 is 1.95 bits per heavy atom. The summed E-state index contributed by atoms with van der Waals surface area (Å²) in [5.41, 5.74) is 2.23. The average Bonchev–Trinajstić information content (AvgIpc) is 2.75. The Hall–Kier alpha value is -2.04. The zero-order valence-corrected chi connectivity index (χ0v) is 12.4. The summed E-state index contributed by atoms with van der Waals surface area (Å²) in [6.45, 7) is 0.0891. The Labute approximate surface area is 131 Å². The molecule has 6 heteroatoms. The zero-order valence-electron chi connectivity index (χ0n) is 10.9. The molecule has 3 aromatic rings. The molecule has 0 bridgehead atoms. The SMILES string of the molecule is O=C(Cn1c(Cl)nc2ccccc21)Nc1cccc(Cl)c1. The first-order valence-corrected chi connectivity index (χ1v) is 7.05. The number of nitrogens with one attached hydrogen (secondary N) is 1. The van der Waals surface area contributed by atoms with E-state index in [4.69, 9.17) is 23.2 Å². The summed E-state index contributed by atoms with van der Waals surface area (Å²) in [6.07, 6.45) is 0. The van der Waals surface area contributed by atoms with Crippen LogP contribution in [0.4, 0.5) is 5.69 Å². The number of hydrogen-bond acceptors (Lipinski definition) is 2. The Balaban J connectivity index is 1.82. The van der Waals surface area contributed by atoms with Gasteiger partial charge < -0.3 is 9.88 Å². The summed E-state index contributed by atoms with van der Waals surface area (Å²) >= 11 is 12.0. The molecule has 0 spiro atoms. The second kappa shape index (κ2) is 5.76. The van der Waals surface area contributed by atoms with Gasteiger partial charge in [-0.2, -0.15) is 0 Å². The van der Waals surface area contributed by atoms with Crippen molar-refractivity contribution in [2.45, 2.75) is 6.54 Å². The molecule has 0 aliphatic carbocycles. The fraction of sp³-hybridized carbons (Fsp3) is 0.0667.